The Morgan fingerprint density at radius 2 is 2.15 bits per heavy atom. The molecule has 3 amide bonds. The van der Waals surface area contributed by atoms with Crippen LogP contribution in [0, 0.1) is 0 Å². The van der Waals surface area contributed by atoms with Crippen LogP contribution in [0.5, 0.6) is 0 Å². The Hall–Kier alpha value is -1.87. The summed E-state index contributed by atoms with van der Waals surface area (Å²) >= 11 is 0. The number of hydrogen-bond donors (Lipinski definition) is 4. The number of ether oxygens (including phenoxy) is 1. The molecule has 0 radical (unpaired) electrons. The Morgan fingerprint density at radius 1 is 1.45 bits per heavy atom. The maximum absolute atomic E-state index is 11.9. The molecular weight excluding hydrogens is 270 g/mol. The zero-order valence-electron chi connectivity index (χ0n) is 10.9. The summed E-state index contributed by atoms with van der Waals surface area (Å²) < 4.78 is 5.19. The van der Waals surface area contributed by atoms with Crippen LogP contribution in [0.1, 0.15) is 12.8 Å². The molecule has 0 bridgehead atoms. The van der Waals surface area contributed by atoms with Crippen LogP contribution in [0.15, 0.2) is 0 Å². The van der Waals surface area contributed by atoms with Gasteiger partial charge in [-0.05, 0) is 6.42 Å². The molecule has 20 heavy (non-hydrogen) atoms. The number of nitrogens with two attached hydrogens (primary N) is 1. The molecule has 0 saturated carbocycles. The number of aliphatic carboxylic acids is 1. The summed E-state index contributed by atoms with van der Waals surface area (Å²) in [6, 6.07) is -1.74. The molecule has 9 nitrogen and oxygen atoms in total. The van der Waals surface area contributed by atoms with E-state index < -0.39 is 30.1 Å². The van der Waals surface area contributed by atoms with Crippen LogP contribution >= 0.6 is 0 Å². The van der Waals surface area contributed by atoms with E-state index in [1.807, 2.05) is 0 Å². The molecule has 1 aliphatic rings. The lowest BCUT2D eigenvalue weighted by Crippen LogP contribution is -2.54. The number of amides is 3. The molecule has 1 fully saturated rings. The number of hydrogen-bond acceptors (Lipinski definition) is 5. The van der Waals surface area contributed by atoms with Crippen molar-refractivity contribution in [3.63, 3.8) is 0 Å². The van der Waals surface area contributed by atoms with Gasteiger partial charge in [-0.25, -0.2) is 9.59 Å². The van der Waals surface area contributed by atoms with Gasteiger partial charge in [0.2, 0.25) is 5.91 Å². The van der Waals surface area contributed by atoms with E-state index in [0.717, 1.165) is 0 Å². The molecule has 1 saturated heterocycles. The summed E-state index contributed by atoms with van der Waals surface area (Å²) in [5.41, 5.74) is 4.95. The first-order chi connectivity index (χ1) is 9.43. The summed E-state index contributed by atoms with van der Waals surface area (Å²) in [5, 5.41) is 20.3. The molecule has 0 aromatic carbocycles. The van der Waals surface area contributed by atoms with Crippen LogP contribution in [0.25, 0.3) is 0 Å². The number of carbonyl (C=O) groups is 3. The van der Waals surface area contributed by atoms with Gasteiger partial charge in [-0.1, -0.05) is 0 Å². The van der Waals surface area contributed by atoms with Gasteiger partial charge in [-0.3, -0.25) is 4.79 Å². The van der Waals surface area contributed by atoms with E-state index in [1.165, 1.54) is 4.90 Å². The van der Waals surface area contributed by atoms with E-state index in [0.29, 0.717) is 6.54 Å². The largest absolute Gasteiger partial charge is 0.480 e. The fourth-order valence-electron chi connectivity index (χ4n) is 1.80. The van der Waals surface area contributed by atoms with E-state index >= 15 is 0 Å². The standard InChI is InChI=1S/C11H19N3O6/c12-9(16)2-1-8(10(17)18)13-11(19)14-3-4-20-7(5-14)6-15/h7-8,15H,1-6H2,(H2,12,16)(H,13,19)(H,17,18)/t7?,8-/m0/s1. The van der Waals surface area contributed by atoms with E-state index in [-0.39, 0.29) is 32.6 Å². The normalized spacial score (nSPS) is 20.2. The number of carboxylic acids is 1. The average Bonchev–Trinajstić information content (AvgIpc) is 2.42. The predicted octanol–water partition coefficient (Wildman–Crippen LogP) is -1.89. The van der Waals surface area contributed by atoms with Gasteiger partial charge in [-0.2, -0.15) is 0 Å². The van der Waals surface area contributed by atoms with Crippen molar-refractivity contribution in [2.75, 3.05) is 26.3 Å². The number of urea groups is 1. The van der Waals surface area contributed by atoms with Crippen LogP contribution < -0.4 is 11.1 Å². The van der Waals surface area contributed by atoms with Gasteiger partial charge < -0.3 is 30.9 Å². The molecule has 1 rings (SSSR count). The topological polar surface area (TPSA) is 142 Å². The third-order valence-electron chi connectivity index (χ3n) is 2.90. The number of nitrogens with one attached hydrogen (secondary N) is 1. The SMILES string of the molecule is NC(=O)CC[C@H](NC(=O)N1CCOC(CO)C1)C(=O)O. The van der Waals surface area contributed by atoms with E-state index in [9.17, 15) is 14.4 Å². The molecular formula is C11H19N3O6. The quantitative estimate of drug-likeness (QED) is 0.450. The number of morpholine rings is 1. The Morgan fingerprint density at radius 3 is 2.70 bits per heavy atom. The van der Waals surface area contributed by atoms with Gasteiger partial charge in [0.1, 0.15) is 6.04 Å². The third-order valence-corrected chi connectivity index (χ3v) is 2.90. The van der Waals surface area contributed by atoms with Gasteiger partial charge >= 0.3 is 12.0 Å². The van der Waals surface area contributed by atoms with Crippen LogP contribution in [0.2, 0.25) is 0 Å². The Kier molecular flexibility index (Phi) is 6.19. The van der Waals surface area contributed by atoms with E-state index in [2.05, 4.69) is 5.32 Å². The van der Waals surface area contributed by atoms with Gasteiger partial charge in [0.15, 0.2) is 0 Å². The van der Waals surface area contributed by atoms with Crippen molar-refractivity contribution in [1.29, 1.82) is 0 Å². The van der Waals surface area contributed by atoms with Crippen LogP contribution in [-0.2, 0) is 14.3 Å². The van der Waals surface area contributed by atoms with Gasteiger partial charge in [0.25, 0.3) is 0 Å². The molecule has 1 unspecified atom stereocenters. The van der Waals surface area contributed by atoms with Crippen LogP contribution in [0.3, 0.4) is 0 Å². The minimum atomic E-state index is -1.23. The number of rotatable bonds is 6. The maximum atomic E-state index is 11.9. The second kappa shape index (κ2) is 7.65. The highest BCUT2D eigenvalue weighted by Gasteiger charge is 2.27. The highest BCUT2D eigenvalue weighted by Crippen LogP contribution is 2.06. The Balaban J connectivity index is 2.52. The third kappa shape index (κ3) is 5.02. The highest BCUT2D eigenvalue weighted by molar-refractivity contribution is 5.83. The molecule has 0 aromatic heterocycles. The van der Waals surface area contributed by atoms with Gasteiger partial charge in [-0.15, -0.1) is 0 Å². The Labute approximate surface area is 115 Å². The summed E-state index contributed by atoms with van der Waals surface area (Å²) in [6.07, 6.45) is -0.660. The summed E-state index contributed by atoms with van der Waals surface area (Å²) in [5.74, 6) is -1.86. The molecule has 1 heterocycles. The second-order valence-corrected chi connectivity index (χ2v) is 4.47. The van der Waals surface area contributed by atoms with Crippen molar-refractivity contribution in [3.05, 3.63) is 0 Å². The molecule has 2 atom stereocenters. The lowest BCUT2D eigenvalue weighted by Gasteiger charge is -2.32. The molecule has 9 heteroatoms. The summed E-state index contributed by atoms with van der Waals surface area (Å²) in [4.78, 5) is 34.9. The van der Waals surface area contributed by atoms with Crippen molar-refractivity contribution in [2.24, 2.45) is 5.73 Å². The van der Waals surface area contributed by atoms with E-state index in [1.54, 1.807) is 0 Å². The predicted molar refractivity (Wildman–Crippen MR) is 66.8 cm³/mol. The molecule has 1 aliphatic heterocycles. The minimum absolute atomic E-state index is 0.0653. The Bertz CT molecular complexity index is 375. The number of aliphatic hydroxyl groups excluding tert-OH is 1. The van der Waals surface area contributed by atoms with Crippen molar-refractivity contribution in [2.45, 2.75) is 25.0 Å². The van der Waals surface area contributed by atoms with Crippen molar-refractivity contribution in [1.82, 2.24) is 10.2 Å². The van der Waals surface area contributed by atoms with Gasteiger partial charge in [0, 0.05) is 13.0 Å². The van der Waals surface area contributed by atoms with E-state index in [4.69, 9.17) is 20.7 Å². The van der Waals surface area contributed by atoms with Crippen molar-refractivity contribution < 1.29 is 29.3 Å². The van der Waals surface area contributed by atoms with Crippen LogP contribution in [0.4, 0.5) is 4.79 Å². The fraction of sp³-hybridized carbons (Fsp3) is 0.727. The molecule has 5 N–H and O–H groups in total. The monoisotopic (exact) mass is 289 g/mol. The first kappa shape index (κ1) is 16.2. The molecule has 0 spiro atoms. The number of carbonyl (C=O) groups excluding carboxylic acids is 2. The number of carboxylic acid groups (broad SMARTS) is 1. The first-order valence-corrected chi connectivity index (χ1v) is 6.23. The zero-order chi connectivity index (χ0) is 15.1. The molecule has 0 aromatic rings. The molecule has 114 valence electrons. The zero-order valence-corrected chi connectivity index (χ0v) is 10.9. The lowest BCUT2D eigenvalue weighted by atomic mass is 10.1. The number of primary amides is 1. The van der Waals surface area contributed by atoms with Crippen molar-refractivity contribution >= 4 is 17.9 Å². The maximum Gasteiger partial charge on any atom is 0.326 e. The van der Waals surface area contributed by atoms with Gasteiger partial charge in [0.05, 0.1) is 25.9 Å². The highest BCUT2D eigenvalue weighted by atomic mass is 16.5. The van der Waals surface area contributed by atoms with Crippen LogP contribution in [-0.4, -0.2) is 71.5 Å². The smallest absolute Gasteiger partial charge is 0.326 e. The number of aliphatic hydroxyl groups is 1. The first-order valence-electron chi connectivity index (χ1n) is 6.23. The molecule has 0 aliphatic carbocycles. The summed E-state index contributed by atoms with van der Waals surface area (Å²) in [7, 11) is 0. The number of nitrogens with zero attached hydrogens (tertiary/aromatic N) is 1. The van der Waals surface area contributed by atoms with Crippen molar-refractivity contribution in [3.8, 4) is 0 Å². The summed E-state index contributed by atoms with van der Waals surface area (Å²) in [6.45, 7) is 0.556. The lowest BCUT2D eigenvalue weighted by molar-refractivity contribution is -0.139. The average molecular weight is 289 g/mol. The fourth-order valence-corrected chi connectivity index (χ4v) is 1.80. The second-order valence-electron chi connectivity index (χ2n) is 4.47. The minimum Gasteiger partial charge on any atom is -0.480 e.